The molecule has 2 atom stereocenters. The minimum atomic E-state index is 0.519. The molecule has 0 radical (unpaired) electrons. The Morgan fingerprint density at radius 2 is 2.18 bits per heavy atom. The van der Waals surface area contributed by atoms with E-state index in [0.29, 0.717) is 17.9 Å². The Morgan fingerprint density at radius 1 is 1.45 bits per heavy atom. The molecule has 2 unspecified atom stereocenters. The standard InChI is InChI=1S/C10H17N/c1-8(2)10-9(3)6-4-5-7-11-10/h4-5,7-10H,6H2,1-3H3. The SMILES string of the molecule is CC(C)C1N=CC=CCC1C. The minimum absolute atomic E-state index is 0.519. The second kappa shape index (κ2) is 3.70. The van der Waals surface area contributed by atoms with Crippen LogP contribution in [-0.2, 0) is 0 Å². The van der Waals surface area contributed by atoms with Crippen molar-refractivity contribution in [2.24, 2.45) is 16.8 Å². The van der Waals surface area contributed by atoms with Crippen LogP contribution < -0.4 is 0 Å². The Labute approximate surface area is 69.2 Å². The van der Waals surface area contributed by atoms with Crippen LogP contribution in [-0.4, -0.2) is 12.3 Å². The van der Waals surface area contributed by atoms with Gasteiger partial charge in [-0.25, -0.2) is 0 Å². The summed E-state index contributed by atoms with van der Waals surface area (Å²) in [5.74, 6) is 1.37. The van der Waals surface area contributed by atoms with Crippen molar-refractivity contribution in [2.45, 2.75) is 33.2 Å². The maximum absolute atomic E-state index is 4.49. The van der Waals surface area contributed by atoms with E-state index in [2.05, 4.69) is 37.9 Å². The first-order valence-corrected chi connectivity index (χ1v) is 4.40. The molecule has 0 aliphatic carbocycles. The second-order valence-electron chi connectivity index (χ2n) is 3.67. The molecule has 0 aromatic carbocycles. The second-order valence-corrected chi connectivity index (χ2v) is 3.67. The molecule has 1 heterocycles. The average molecular weight is 151 g/mol. The zero-order valence-electron chi connectivity index (χ0n) is 7.62. The van der Waals surface area contributed by atoms with Crippen LogP contribution >= 0.6 is 0 Å². The fourth-order valence-electron chi connectivity index (χ4n) is 1.62. The van der Waals surface area contributed by atoms with Crippen LogP contribution in [0.25, 0.3) is 0 Å². The summed E-state index contributed by atoms with van der Waals surface area (Å²) in [6.07, 6.45) is 7.37. The van der Waals surface area contributed by atoms with Crippen LogP contribution in [0.3, 0.4) is 0 Å². The molecule has 0 N–H and O–H groups in total. The molecule has 0 bridgehead atoms. The van der Waals surface area contributed by atoms with E-state index >= 15 is 0 Å². The Kier molecular flexibility index (Phi) is 2.86. The highest BCUT2D eigenvalue weighted by molar-refractivity contribution is 5.71. The van der Waals surface area contributed by atoms with E-state index in [9.17, 15) is 0 Å². The first-order chi connectivity index (χ1) is 5.22. The highest BCUT2D eigenvalue weighted by atomic mass is 14.8. The third-order valence-corrected chi connectivity index (χ3v) is 2.25. The molecule has 62 valence electrons. The molecule has 0 amide bonds. The van der Waals surface area contributed by atoms with Gasteiger partial charge in [-0.15, -0.1) is 0 Å². The molecule has 0 fully saturated rings. The van der Waals surface area contributed by atoms with Crippen LogP contribution in [0.5, 0.6) is 0 Å². The van der Waals surface area contributed by atoms with Crippen molar-refractivity contribution in [3.63, 3.8) is 0 Å². The van der Waals surface area contributed by atoms with Gasteiger partial charge in [0.25, 0.3) is 0 Å². The van der Waals surface area contributed by atoms with Crippen molar-refractivity contribution < 1.29 is 0 Å². The molecule has 0 spiro atoms. The summed E-state index contributed by atoms with van der Waals surface area (Å²) in [5, 5.41) is 0. The summed E-state index contributed by atoms with van der Waals surface area (Å²) < 4.78 is 0. The Hall–Kier alpha value is -0.590. The van der Waals surface area contributed by atoms with Gasteiger partial charge >= 0.3 is 0 Å². The van der Waals surface area contributed by atoms with E-state index in [0.717, 1.165) is 0 Å². The minimum Gasteiger partial charge on any atom is -0.289 e. The summed E-state index contributed by atoms with van der Waals surface area (Å²) in [6.45, 7) is 6.76. The van der Waals surface area contributed by atoms with E-state index in [4.69, 9.17) is 0 Å². The van der Waals surface area contributed by atoms with E-state index in [1.54, 1.807) is 0 Å². The van der Waals surface area contributed by atoms with Crippen molar-refractivity contribution in [3.8, 4) is 0 Å². The van der Waals surface area contributed by atoms with Gasteiger partial charge in [0, 0.05) is 6.21 Å². The largest absolute Gasteiger partial charge is 0.289 e. The molecule has 1 rings (SSSR count). The lowest BCUT2D eigenvalue weighted by molar-refractivity contribution is 0.371. The summed E-state index contributed by atoms with van der Waals surface area (Å²) in [4.78, 5) is 4.49. The smallest absolute Gasteiger partial charge is 0.0550 e. The third-order valence-electron chi connectivity index (χ3n) is 2.25. The summed E-state index contributed by atoms with van der Waals surface area (Å²) in [6, 6.07) is 0.519. The maximum Gasteiger partial charge on any atom is 0.0550 e. The number of nitrogens with zero attached hydrogens (tertiary/aromatic N) is 1. The van der Waals surface area contributed by atoms with E-state index < -0.39 is 0 Å². The van der Waals surface area contributed by atoms with Crippen LogP contribution in [0.2, 0.25) is 0 Å². The topological polar surface area (TPSA) is 12.4 Å². The van der Waals surface area contributed by atoms with Crippen molar-refractivity contribution in [3.05, 3.63) is 12.2 Å². The Morgan fingerprint density at radius 3 is 2.82 bits per heavy atom. The van der Waals surface area contributed by atoms with Crippen LogP contribution in [0.4, 0.5) is 0 Å². The van der Waals surface area contributed by atoms with E-state index in [1.807, 2.05) is 6.21 Å². The van der Waals surface area contributed by atoms with Gasteiger partial charge in [0.2, 0.25) is 0 Å². The zero-order chi connectivity index (χ0) is 8.27. The lowest BCUT2D eigenvalue weighted by atomic mass is 9.90. The molecule has 0 aromatic heterocycles. The van der Waals surface area contributed by atoms with Crippen molar-refractivity contribution in [1.82, 2.24) is 0 Å². The molecule has 0 aromatic rings. The number of hydrogen-bond donors (Lipinski definition) is 0. The van der Waals surface area contributed by atoms with Crippen molar-refractivity contribution in [2.75, 3.05) is 0 Å². The first kappa shape index (κ1) is 8.51. The lowest BCUT2D eigenvalue weighted by Gasteiger charge is -2.21. The number of allylic oxidation sites excluding steroid dienone is 2. The molecular weight excluding hydrogens is 134 g/mol. The van der Waals surface area contributed by atoms with Crippen molar-refractivity contribution in [1.29, 1.82) is 0 Å². The maximum atomic E-state index is 4.49. The van der Waals surface area contributed by atoms with Crippen LogP contribution in [0.1, 0.15) is 27.2 Å². The number of aliphatic imine (C=N–C) groups is 1. The normalized spacial score (nSPS) is 30.9. The number of hydrogen-bond acceptors (Lipinski definition) is 1. The predicted octanol–water partition coefficient (Wildman–Crippen LogP) is 2.68. The molecule has 11 heavy (non-hydrogen) atoms. The summed E-state index contributed by atoms with van der Waals surface area (Å²) in [7, 11) is 0. The number of rotatable bonds is 1. The fraction of sp³-hybridized carbons (Fsp3) is 0.700. The average Bonchev–Trinajstić information content (AvgIpc) is 2.13. The molecule has 0 saturated heterocycles. The van der Waals surface area contributed by atoms with Gasteiger partial charge in [0.15, 0.2) is 0 Å². The Balaban J connectivity index is 2.64. The van der Waals surface area contributed by atoms with Gasteiger partial charge in [-0.3, -0.25) is 4.99 Å². The molecule has 1 heteroatoms. The van der Waals surface area contributed by atoms with Crippen LogP contribution in [0, 0.1) is 11.8 Å². The highest BCUT2D eigenvalue weighted by Gasteiger charge is 2.18. The molecule has 0 saturated carbocycles. The summed E-state index contributed by atoms with van der Waals surface area (Å²) in [5.41, 5.74) is 0. The quantitative estimate of drug-likeness (QED) is 0.546. The van der Waals surface area contributed by atoms with Gasteiger partial charge in [0.1, 0.15) is 0 Å². The highest BCUT2D eigenvalue weighted by Crippen LogP contribution is 2.21. The molecule has 1 nitrogen and oxygen atoms in total. The van der Waals surface area contributed by atoms with Crippen LogP contribution in [0.15, 0.2) is 17.1 Å². The summed E-state index contributed by atoms with van der Waals surface area (Å²) >= 11 is 0. The van der Waals surface area contributed by atoms with E-state index in [1.165, 1.54) is 6.42 Å². The van der Waals surface area contributed by atoms with Gasteiger partial charge in [-0.05, 0) is 24.3 Å². The van der Waals surface area contributed by atoms with Gasteiger partial charge < -0.3 is 0 Å². The third kappa shape index (κ3) is 2.18. The Bertz CT molecular complexity index is 168. The van der Waals surface area contributed by atoms with Gasteiger partial charge in [0.05, 0.1) is 6.04 Å². The fourth-order valence-corrected chi connectivity index (χ4v) is 1.62. The monoisotopic (exact) mass is 151 g/mol. The van der Waals surface area contributed by atoms with Crippen molar-refractivity contribution >= 4 is 6.21 Å². The molecular formula is C10H17N. The lowest BCUT2D eigenvalue weighted by Crippen LogP contribution is -2.21. The van der Waals surface area contributed by atoms with Gasteiger partial charge in [-0.1, -0.05) is 26.8 Å². The predicted molar refractivity (Wildman–Crippen MR) is 50.0 cm³/mol. The molecule has 1 aliphatic heterocycles. The zero-order valence-corrected chi connectivity index (χ0v) is 7.62. The molecule has 1 aliphatic rings. The van der Waals surface area contributed by atoms with Gasteiger partial charge in [-0.2, -0.15) is 0 Å². The van der Waals surface area contributed by atoms with E-state index in [-0.39, 0.29) is 0 Å². The first-order valence-electron chi connectivity index (χ1n) is 4.40.